The van der Waals surface area contributed by atoms with E-state index >= 15 is 0 Å². The second-order valence-electron chi connectivity index (χ2n) is 3.51. The lowest BCUT2D eigenvalue weighted by Crippen LogP contribution is -2.43. The molecule has 98 valence electrons. The first-order valence-corrected chi connectivity index (χ1v) is 5.18. The molecule has 3 amide bonds. The molecule has 1 rings (SSSR count). The van der Waals surface area contributed by atoms with Gasteiger partial charge < -0.3 is 15.8 Å². The molecule has 0 bridgehead atoms. The number of benzene rings is 1. The predicted molar refractivity (Wildman–Crippen MR) is 63.5 cm³/mol. The summed E-state index contributed by atoms with van der Waals surface area (Å²) in [5.41, 5.74) is 5.29. The third-order valence-electron chi connectivity index (χ3n) is 2.12. The fourth-order valence-electron chi connectivity index (χ4n) is 1.11. The number of anilines is 1. The zero-order valence-corrected chi connectivity index (χ0v) is 9.99. The van der Waals surface area contributed by atoms with Crippen LogP contribution >= 0.6 is 0 Å². The van der Waals surface area contributed by atoms with Gasteiger partial charge in [-0.2, -0.15) is 0 Å². The number of urea groups is 1. The van der Waals surface area contributed by atoms with Crippen molar-refractivity contribution in [3.8, 4) is 5.75 Å². The number of nitrogen functional groups attached to an aromatic ring is 1. The maximum absolute atomic E-state index is 13.1. The van der Waals surface area contributed by atoms with Crippen LogP contribution in [0.2, 0.25) is 0 Å². The number of carbonyl (C=O) groups excluding carboxylic acids is 2. The number of nitrogens with one attached hydrogen (secondary N) is 2. The van der Waals surface area contributed by atoms with E-state index in [0.29, 0.717) is 0 Å². The third-order valence-corrected chi connectivity index (χ3v) is 2.12. The molecule has 0 aliphatic heterocycles. The quantitative estimate of drug-likeness (QED) is 0.690. The van der Waals surface area contributed by atoms with Gasteiger partial charge in [0.1, 0.15) is 11.6 Å². The van der Waals surface area contributed by atoms with E-state index in [1.54, 1.807) is 0 Å². The van der Waals surface area contributed by atoms with Crippen molar-refractivity contribution in [2.24, 2.45) is 0 Å². The number of hydrogen-bond donors (Lipinski definition) is 3. The van der Waals surface area contributed by atoms with Gasteiger partial charge in [-0.25, -0.2) is 9.18 Å². The van der Waals surface area contributed by atoms with Crippen molar-refractivity contribution in [3.63, 3.8) is 0 Å². The Balaban J connectivity index is 2.63. The number of halogens is 1. The SMILES string of the molecule is CNC(=O)NC(=O)C(C)Oc1ccc(N)c(F)c1. The first-order valence-electron chi connectivity index (χ1n) is 5.18. The summed E-state index contributed by atoms with van der Waals surface area (Å²) in [4.78, 5) is 22.4. The molecule has 1 aromatic rings. The number of hydrogen-bond acceptors (Lipinski definition) is 4. The summed E-state index contributed by atoms with van der Waals surface area (Å²) in [5.74, 6) is -1.11. The second-order valence-corrected chi connectivity index (χ2v) is 3.51. The summed E-state index contributed by atoms with van der Waals surface area (Å²) in [6, 6.07) is 3.19. The lowest BCUT2D eigenvalue weighted by molar-refractivity contribution is -0.126. The molecule has 0 aromatic heterocycles. The largest absolute Gasteiger partial charge is 0.481 e. The normalized spacial score (nSPS) is 11.5. The van der Waals surface area contributed by atoms with Crippen LogP contribution in [0.3, 0.4) is 0 Å². The molecule has 0 radical (unpaired) electrons. The second kappa shape index (κ2) is 5.85. The van der Waals surface area contributed by atoms with Crippen LogP contribution in [0, 0.1) is 5.82 Å². The van der Waals surface area contributed by atoms with Gasteiger partial charge in [-0.1, -0.05) is 0 Å². The number of imide groups is 1. The van der Waals surface area contributed by atoms with E-state index in [1.165, 1.54) is 26.1 Å². The average Bonchev–Trinajstić information content (AvgIpc) is 2.33. The van der Waals surface area contributed by atoms with Crippen LogP contribution in [-0.4, -0.2) is 25.1 Å². The van der Waals surface area contributed by atoms with Gasteiger partial charge in [-0.15, -0.1) is 0 Å². The van der Waals surface area contributed by atoms with Crippen molar-refractivity contribution in [2.75, 3.05) is 12.8 Å². The first-order chi connectivity index (χ1) is 8.43. The molecule has 1 aromatic carbocycles. The Hall–Kier alpha value is -2.31. The summed E-state index contributed by atoms with van der Waals surface area (Å²) in [6.07, 6.45) is -0.940. The number of carbonyl (C=O) groups is 2. The molecule has 0 heterocycles. The minimum absolute atomic E-state index is 0.00943. The minimum atomic E-state index is -0.940. The predicted octanol–water partition coefficient (Wildman–Crippen LogP) is 0.631. The van der Waals surface area contributed by atoms with Crippen molar-refractivity contribution >= 4 is 17.6 Å². The lowest BCUT2D eigenvalue weighted by atomic mass is 10.3. The molecule has 0 saturated heterocycles. The van der Waals surface area contributed by atoms with Crippen LogP contribution in [0.25, 0.3) is 0 Å². The van der Waals surface area contributed by atoms with Gasteiger partial charge in [-0.05, 0) is 19.1 Å². The zero-order valence-electron chi connectivity index (χ0n) is 9.99. The minimum Gasteiger partial charge on any atom is -0.481 e. The van der Waals surface area contributed by atoms with Crippen LogP contribution < -0.4 is 21.1 Å². The van der Waals surface area contributed by atoms with E-state index in [9.17, 15) is 14.0 Å². The van der Waals surface area contributed by atoms with E-state index in [0.717, 1.165) is 6.07 Å². The maximum Gasteiger partial charge on any atom is 0.321 e. The Bertz CT molecular complexity index is 465. The Morgan fingerprint density at radius 1 is 1.44 bits per heavy atom. The molecule has 18 heavy (non-hydrogen) atoms. The van der Waals surface area contributed by atoms with Crippen molar-refractivity contribution in [2.45, 2.75) is 13.0 Å². The molecular weight excluding hydrogens is 241 g/mol. The van der Waals surface area contributed by atoms with Crippen molar-refractivity contribution in [1.82, 2.24) is 10.6 Å². The lowest BCUT2D eigenvalue weighted by Gasteiger charge is -2.14. The van der Waals surface area contributed by atoms with Gasteiger partial charge in [0, 0.05) is 13.1 Å². The Kier molecular flexibility index (Phi) is 4.47. The summed E-state index contributed by atoms with van der Waals surface area (Å²) in [7, 11) is 1.38. The molecule has 7 heteroatoms. The van der Waals surface area contributed by atoms with E-state index in [2.05, 4.69) is 5.32 Å². The monoisotopic (exact) mass is 255 g/mol. The number of rotatable bonds is 3. The number of nitrogens with two attached hydrogens (primary N) is 1. The van der Waals surface area contributed by atoms with Gasteiger partial charge in [0.2, 0.25) is 0 Å². The Morgan fingerprint density at radius 2 is 2.11 bits per heavy atom. The zero-order chi connectivity index (χ0) is 13.7. The summed E-state index contributed by atoms with van der Waals surface area (Å²) >= 11 is 0. The van der Waals surface area contributed by atoms with Gasteiger partial charge >= 0.3 is 6.03 Å². The van der Waals surface area contributed by atoms with Crippen LogP contribution in [0.5, 0.6) is 5.75 Å². The summed E-state index contributed by atoms with van der Waals surface area (Å²) < 4.78 is 18.3. The molecule has 4 N–H and O–H groups in total. The standard InChI is InChI=1S/C11H14FN3O3/c1-6(10(16)15-11(17)14-2)18-7-3-4-9(13)8(12)5-7/h3-6H,13H2,1-2H3,(H2,14,15,16,17). The smallest absolute Gasteiger partial charge is 0.321 e. The average molecular weight is 255 g/mol. The first kappa shape index (κ1) is 13.8. The Labute approximate surface area is 103 Å². The molecule has 0 aliphatic rings. The van der Waals surface area contributed by atoms with E-state index < -0.39 is 23.9 Å². The van der Waals surface area contributed by atoms with Crippen molar-refractivity contribution in [1.29, 1.82) is 0 Å². The number of ether oxygens (including phenoxy) is 1. The summed E-state index contributed by atoms with van der Waals surface area (Å²) in [5, 5.41) is 4.27. The van der Waals surface area contributed by atoms with Crippen LogP contribution in [0.15, 0.2) is 18.2 Å². The molecule has 1 unspecified atom stereocenters. The van der Waals surface area contributed by atoms with Gasteiger partial charge in [-0.3, -0.25) is 10.1 Å². The van der Waals surface area contributed by atoms with Gasteiger partial charge in [0.25, 0.3) is 5.91 Å². The highest BCUT2D eigenvalue weighted by Gasteiger charge is 2.17. The Morgan fingerprint density at radius 3 is 2.67 bits per heavy atom. The molecule has 0 spiro atoms. The highest BCUT2D eigenvalue weighted by molar-refractivity contribution is 5.96. The van der Waals surface area contributed by atoms with Crippen LogP contribution in [-0.2, 0) is 4.79 Å². The highest BCUT2D eigenvalue weighted by atomic mass is 19.1. The van der Waals surface area contributed by atoms with E-state index in [-0.39, 0.29) is 11.4 Å². The van der Waals surface area contributed by atoms with Crippen LogP contribution in [0.4, 0.5) is 14.9 Å². The molecule has 1 atom stereocenters. The third kappa shape index (κ3) is 3.62. The number of amides is 3. The van der Waals surface area contributed by atoms with Crippen molar-refractivity contribution < 1.29 is 18.7 Å². The van der Waals surface area contributed by atoms with Crippen LogP contribution in [0.1, 0.15) is 6.92 Å². The summed E-state index contributed by atoms with van der Waals surface area (Å²) in [6.45, 7) is 1.44. The topological polar surface area (TPSA) is 93.5 Å². The highest BCUT2D eigenvalue weighted by Crippen LogP contribution is 2.18. The molecule has 0 fully saturated rings. The molecule has 0 aliphatic carbocycles. The molecule has 6 nitrogen and oxygen atoms in total. The molecular formula is C11H14FN3O3. The van der Waals surface area contributed by atoms with Crippen molar-refractivity contribution in [3.05, 3.63) is 24.0 Å². The van der Waals surface area contributed by atoms with E-state index in [4.69, 9.17) is 10.5 Å². The van der Waals surface area contributed by atoms with Gasteiger partial charge in [0.15, 0.2) is 6.10 Å². The maximum atomic E-state index is 13.1. The van der Waals surface area contributed by atoms with Gasteiger partial charge in [0.05, 0.1) is 5.69 Å². The fraction of sp³-hybridized carbons (Fsp3) is 0.273. The van der Waals surface area contributed by atoms with E-state index in [1.807, 2.05) is 5.32 Å². The molecule has 0 saturated carbocycles. The fourth-order valence-corrected chi connectivity index (χ4v) is 1.11.